The molecule has 1 amide bonds. The van der Waals surface area contributed by atoms with Gasteiger partial charge in [0.25, 0.3) is 23.1 Å². The van der Waals surface area contributed by atoms with E-state index in [0.29, 0.717) is 9.46 Å². The molecule has 0 aliphatic carbocycles. The topological polar surface area (TPSA) is 119 Å². The number of hydrazone groups is 1. The number of aromatic nitrogens is 2. The summed E-state index contributed by atoms with van der Waals surface area (Å²) in [5.74, 6) is -0.624. The van der Waals surface area contributed by atoms with Crippen molar-refractivity contribution in [2.75, 3.05) is 0 Å². The zero-order valence-electron chi connectivity index (χ0n) is 11.1. The van der Waals surface area contributed by atoms with Crippen molar-refractivity contribution in [1.82, 2.24) is 5.43 Å². The van der Waals surface area contributed by atoms with E-state index in [2.05, 4.69) is 10.5 Å². The number of hydrogen-bond acceptors (Lipinski definition) is 5. The third-order valence-electron chi connectivity index (χ3n) is 2.39. The molecule has 100 valence electrons. The molecule has 1 aromatic carbocycles. The maximum atomic E-state index is 12.0. The number of benzene rings is 1. The number of rotatable bonds is 3. The Hall–Kier alpha value is -3.21. The van der Waals surface area contributed by atoms with Gasteiger partial charge in [-0.3, -0.25) is 4.79 Å². The molecule has 0 bridgehead atoms. The number of nitrogens with one attached hydrogen (secondary N) is 1. The van der Waals surface area contributed by atoms with Crippen LogP contribution in [0.15, 0.2) is 35.5 Å². The van der Waals surface area contributed by atoms with Crippen molar-refractivity contribution < 1.29 is 15.6 Å². The van der Waals surface area contributed by atoms with Crippen LogP contribution >= 0.6 is 0 Å². The van der Waals surface area contributed by atoms with Crippen LogP contribution in [0.5, 0.6) is 0 Å². The molecule has 0 atom stereocenters. The second kappa shape index (κ2) is 5.62. The van der Waals surface area contributed by atoms with Gasteiger partial charge < -0.3 is 10.4 Å². The average Bonchev–Trinajstić information content (AvgIpc) is 2.44. The van der Waals surface area contributed by atoms with E-state index in [9.17, 15) is 15.2 Å². The van der Waals surface area contributed by atoms with Gasteiger partial charge in [0.1, 0.15) is 12.6 Å². The minimum absolute atomic E-state index is 0.0585. The van der Waals surface area contributed by atoms with E-state index in [0.717, 1.165) is 12.4 Å². The summed E-state index contributed by atoms with van der Waals surface area (Å²) in [6.07, 6.45) is 1.62. The van der Waals surface area contributed by atoms with Gasteiger partial charge in [0, 0.05) is 12.1 Å². The van der Waals surface area contributed by atoms with Gasteiger partial charge in [0.05, 0.1) is 7.44 Å². The highest BCUT2D eigenvalue weighted by Crippen LogP contribution is 2.03. The molecule has 0 aliphatic rings. The second-order valence-corrected chi connectivity index (χ2v) is 3.72. The highest BCUT2D eigenvalue weighted by atomic mass is 16.5. The summed E-state index contributed by atoms with van der Waals surface area (Å²) in [5.41, 5.74) is 2.10. The molecule has 20 heavy (non-hydrogen) atoms. The van der Waals surface area contributed by atoms with Crippen LogP contribution in [0.25, 0.3) is 11.0 Å². The van der Waals surface area contributed by atoms with Crippen LogP contribution in [0.2, 0.25) is 0 Å². The lowest BCUT2D eigenvalue weighted by molar-refractivity contribution is -0.629. The molecule has 0 unspecified atom stereocenters. The number of fused-ring (bicyclic) bond motifs is 1. The second-order valence-electron chi connectivity index (χ2n) is 3.72. The largest absolute Gasteiger partial charge is 0.618 e. The molecular formula is C12H9N5O3. The summed E-state index contributed by atoms with van der Waals surface area (Å²) < 4.78 is 8.34. The molecule has 8 heteroatoms. The van der Waals surface area contributed by atoms with Crippen molar-refractivity contribution in [3.8, 4) is 6.07 Å². The highest BCUT2D eigenvalue weighted by molar-refractivity contribution is 5.81. The van der Waals surface area contributed by atoms with Crippen molar-refractivity contribution in [2.45, 2.75) is 6.42 Å². The SMILES string of the molecule is [3H]c1ccc2c(c1)[n+]([O-])cc(/C=N/NC(=O)CC#N)[n+]2[O-]. The Balaban J connectivity index is 2.36. The lowest BCUT2D eigenvalue weighted by Gasteiger charge is -2.05. The number of para-hydroxylation sites is 2. The Bertz CT molecular complexity index is 785. The fourth-order valence-electron chi connectivity index (χ4n) is 1.51. The van der Waals surface area contributed by atoms with Crippen molar-refractivity contribution in [3.05, 3.63) is 46.5 Å². The van der Waals surface area contributed by atoms with Crippen LogP contribution in [-0.4, -0.2) is 12.1 Å². The van der Waals surface area contributed by atoms with Gasteiger partial charge in [-0.1, -0.05) is 12.1 Å². The molecule has 0 saturated carbocycles. The van der Waals surface area contributed by atoms with Crippen molar-refractivity contribution in [3.63, 3.8) is 0 Å². The van der Waals surface area contributed by atoms with E-state index in [-0.39, 0.29) is 29.2 Å². The quantitative estimate of drug-likeness (QED) is 0.350. The van der Waals surface area contributed by atoms with Crippen LogP contribution in [-0.2, 0) is 4.79 Å². The van der Waals surface area contributed by atoms with E-state index in [4.69, 9.17) is 6.63 Å². The molecule has 0 fully saturated rings. The van der Waals surface area contributed by atoms with Crippen molar-refractivity contribution in [2.24, 2.45) is 5.10 Å². The molecule has 1 heterocycles. The summed E-state index contributed by atoms with van der Waals surface area (Å²) in [6, 6.07) is 5.75. The van der Waals surface area contributed by atoms with Crippen molar-refractivity contribution in [1.29, 1.82) is 5.26 Å². The molecule has 1 aromatic heterocycles. The summed E-state index contributed by atoms with van der Waals surface area (Å²) in [4.78, 5) is 11.0. The van der Waals surface area contributed by atoms with Gasteiger partial charge in [-0.15, -0.1) is 0 Å². The van der Waals surface area contributed by atoms with Gasteiger partial charge in [-0.25, -0.2) is 5.43 Å². The first kappa shape index (κ1) is 11.9. The first-order chi connectivity index (χ1) is 10.0. The number of nitriles is 1. The van der Waals surface area contributed by atoms with Crippen molar-refractivity contribution >= 4 is 23.2 Å². The standard InChI is InChI=1S/C12H9N5O3/c13-6-5-12(18)15-14-7-9-8-16(19)10-3-1-2-4-11(10)17(9)20/h1-4,7-8H,5H2,(H,15,18)/b14-7+/i1T. The lowest BCUT2D eigenvalue weighted by atomic mass is 10.3. The molecule has 0 spiro atoms. The first-order valence-electron chi connectivity index (χ1n) is 5.98. The van der Waals surface area contributed by atoms with E-state index in [1.165, 1.54) is 18.2 Å². The predicted octanol–water partition coefficient (Wildman–Crippen LogP) is -0.530. The van der Waals surface area contributed by atoms with E-state index in [1.807, 2.05) is 0 Å². The highest BCUT2D eigenvalue weighted by Gasteiger charge is 2.17. The smallest absolute Gasteiger partial charge is 0.302 e. The fourth-order valence-corrected chi connectivity index (χ4v) is 1.51. The van der Waals surface area contributed by atoms with Gasteiger partial charge in [0.2, 0.25) is 0 Å². The van der Waals surface area contributed by atoms with Crippen LogP contribution in [0, 0.1) is 21.7 Å². The number of carbonyl (C=O) groups excluding carboxylic acids is 1. The van der Waals surface area contributed by atoms with Gasteiger partial charge in [-0.05, 0) is 0 Å². The van der Waals surface area contributed by atoms with Gasteiger partial charge in [-0.2, -0.15) is 19.8 Å². The summed E-state index contributed by atoms with van der Waals surface area (Å²) in [5, 5.41) is 35.6. The van der Waals surface area contributed by atoms with Crippen LogP contribution < -0.4 is 14.9 Å². The van der Waals surface area contributed by atoms with Crippen LogP contribution in [0.3, 0.4) is 0 Å². The normalized spacial score (nSPS) is 11.2. The molecule has 8 nitrogen and oxygen atoms in total. The summed E-state index contributed by atoms with van der Waals surface area (Å²) in [6.45, 7) is 0. The van der Waals surface area contributed by atoms with Gasteiger partial charge in [0.15, 0.2) is 0 Å². The van der Waals surface area contributed by atoms with Crippen LogP contribution in [0.4, 0.5) is 0 Å². The molecule has 0 radical (unpaired) electrons. The Labute approximate surface area is 114 Å². The maximum Gasteiger partial charge on any atom is 0.302 e. The minimum Gasteiger partial charge on any atom is -0.618 e. The first-order valence-corrected chi connectivity index (χ1v) is 5.48. The number of amides is 1. The van der Waals surface area contributed by atoms with Gasteiger partial charge >= 0.3 is 5.69 Å². The van der Waals surface area contributed by atoms with Crippen LogP contribution in [0.1, 0.15) is 13.5 Å². The minimum atomic E-state index is -0.624. The zero-order valence-corrected chi connectivity index (χ0v) is 10.1. The number of nitrogens with zero attached hydrogens (tertiary/aromatic N) is 4. The molecule has 0 saturated heterocycles. The fraction of sp³-hybridized carbons (Fsp3) is 0.0833. The Kier molecular flexibility index (Phi) is 3.33. The summed E-state index contributed by atoms with van der Waals surface area (Å²) in [7, 11) is 0. The molecule has 1 N–H and O–H groups in total. The van der Waals surface area contributed by atoms with E-state index >= 15 is 0 Å². The molecule has 0 aliphatic heterocycles. The van der Waals surface area contributed by atoms with E-state index in [1.54, 1.807) is 6.07 Å². The third-order valence-corrected chi connectivity index (χ3v) is 2.39. The zero-order chi connectivity index (χ0) is 15.4. The Morgan fingerprint density at radius 1 is 1.55 bits per heavy atom. The maximum absolute atomic E-state index is 12.0. The lowest BCUT2D eigenvalue weighted by Crippen LogP contribution is -2.41. The molecule has 2 aromatic rings. The third kappa shape index (κ3) is 2.62. The van der Waals surface area contributed by atoms with E-state index < -0.39 is 5.91 Å². The molecule has 2 rings (SSSR count). The Morgan fingerprint density at radius 3 is 3.10 bits per heavy atom. The monoisotopic (exact) mass is 273 g/mol. The summed E-state index contributed by atoms with van der Waals surface area (Å²) >= 11 is 0. The average molecular weight is 273 g/mol. The molecular weight excluding hydrogens is 262 g/mol. The number of carbonyl (C=O) groups is 1. The Morgan fingerprint density at radius 2 is 2.35 bits per heavy atom. The predicted molar refractivity (Wildman–Crippen MR) is 67.8 cm³/mol. The number of hydrogen-bond donors (Lipinski definition) is 1.